The van der Waals surface area contributed by atoms with Gasteiger partial charge in [0.2, 0.25) is 10.0 Å². The number of aromatic hydroxyl groups is 1. The van der Waals surface area contributed by atoms with Crippen LogP contribution in [0.1, 0.15) is 36.9 Å². The van der Waals surface area contributed by atoms with Crippen molar-refractivity contribution in [2.45, 2.75) is 38.9 Å². The molecule has 0 bridgehead atoms. The van der Waals surface area contributed by atoms with E-state index in [2.05, 4.69) is 15.1 Å². The number of aryl methyl sites for hydroxylation is 1. The van der Waals surface area contributed by atoms with E-state index in [1.165, 1.54) is 17.4 Å². The van der Waals surface area contributed by atoms with Crippen molar-refractivity contribution in [2.24, 2.45) is 0 Å². The largest absolute Gasteiger partial charge is 0.507 e. The summed E-state index contributed by atoms with van der Waals surface area (Å²) in [4.78, 5) is 8.71. The highest BCUT2D eigenvalue weighted by Gasteiger charge is 2.32. The Kier molecular flexibility index (Phi) is 5.61. The molecule has 0 spiro atoms. The number of hydrogen-bond donors (Lipinski definition) is 1. The lowest BCUT2D eigenvalue weighted by Crippen LogP contribution is -2.39. The number of aromatic nitrogens is 4. The number of hydrogen-bond acceptors (Lipinski definition) is 6. The molecule has 1 aliphatic heterocycles. The van der Waals surface area contributed by atoms with Crippen LogP contribution in [-0.2, 0) is 16.2 Å². The van der Waals surface area contributed by atoms with Gasteiger partial charge in [-0.3, -0.25) is 4.68 Å². The van der Waals surface area contributed by atoms with Gasteiger partial charge in [0.1, 0.15) is 11.3 Å². The molecule has 4 rings (SSSR count). The maximum absolute atomic E-state index is 13.0. The van der Waals surface area contributed by atoms with Crippen molar-refractivity contribution in [1.29, 1.82) is 0 Å². The third-order valence-corrected chi connectivity index (χ3v) is 7.58. The van der Waals surface area contributed by atoms with Gasteiger partial charge < -0.3 is 5.11 Å². The van der Waals surface area contributed by atoms with Crippen molar-refractivity contribution in [3.8, 4) is 17.0 Å². The highest BCUT2D eigenvalue weighted by atomic mass is 32.2. The first-order valence-electron chi connectivity index (χ1n) is 10.1. The van der Waals surface area contributed by atoms with E-state index in [-0.39, 0.29) is 28.6 Å². The van der Waals surface area contributed by atoms with E-state index in [9.17, 15) is 26.7 Å². The fourth-order valence-corrected chi connectivity index (χ4v) is 5.09. The number of nitrogens with zero attached hydrogens (tertiary/aromatic N) is 5. The van der Waals surface area contributed by atoms with E-state index in [1.54, 1.807) is 17.8 Å². The Morgan fingerprint density at radius 3 is 2.50 bits per heavy atom. The molecule has 32 heavy (non-hydrogen) atoms. The van der Waals surface area contributed by atoms with E-state index >= 15 is 0 Å². The second kappa shape index (κ2) is 8.00. The van der Waals surface area contributed by atoms with Gasteiger partial charge >= 0.3 is 6.18 Å². The van der Waals surface area contributed by atoms with Crippen LogP contribution in [0.2, 0.25) is 0 Å². The van der Waals surface area contributed by atoms with Crippen LogP contribution in [0.25, 0.3) is 22.4 Å². The van der Waals surface area contributed by atoms with Gasteiger partial charge in [-0.15, -0.1) is 0 Å². The highest BCUT2D eigenvalue weighted by molar-refractivity contribution is 7.89. The smallest absolute Gasteiger partial charge is 0.416 e. The average molecular weight is 469 g/mol. The van der Waals surface area contributed by atoms with Crippen LogP contribution in [0.4, 0.5) is 13.2 Å². The molecule has 3 heterocycles. The minimum atomic E-state index is -4.57. The minimum absolute atomic E-state index is 0.0148. The van der Waals surface area contributed by atoms with Crippen LogP contribution in [0.5, 0.6) is 5.75 Å². The molecule has 0 amide bonds. The van der Waals surface area contributed by atoms with Crippen LogP contribution in [-0.4, -0.2) is 56.4 Å². The quantitative estimate of drug-likeness (QED) is 0.628. The zero-order valence-corrected chi connectivity index (χ0v) is 18.3. The van der Waals surface area contributed by atoms with Gasteiger partial charge in [-0.2, -0.15) is 18.3 Å². The standard InChI is InChI=1S/C20H22F3N5O3S/c1-3-32(30,31)27-6-4-14(5-7-27)28-11-16-19(26-28)25-15(10-24-16)18-12(2)8-13(9-17(18)29)20(21,22)23/h8-11,14,29H,3-7H2,1-2H3. The molecule has 0 saturated carbocycles. The van der Waals surface area contributed by atoms with Crippen LogP contribution in [0.15, 0.2) is 24.5 Å². The first-order chi connectivity index (χ1) is 15.0. The summed E-state index contributed by atoms with van der Waals surface area (Å²) in [6, 6.07) is 1.61. The van der Waals surface area contributed by atoms with E-state index in [0.29, 0.717) is 43.2 Å². The van der Waals surface area contributed by atoms with Crippen molar-refractivity contribution in [3.63, 3.8) is 0 Å². The van der Waals surface area contributed by atoms with Gasteiger partial charge in [0, 0.05) is 18.7 Å². The number of alkyl halides is 3. The topological polar surface area (TPSA) is 101 Å². The lowest BCUT2D eigenvalue weighted by Gasteiger charge is -2.30. The van der Waals surface area contributed by atoms with Crippen LogP contribution in [0, 0.1) is 6.92 Å². The molecule has 0 aliphatic carbocycles. The molecule has 0 unspecified atom stereocenters. The Hall–Kier alpha value is -2.73. The molecule has 0 atom stereocenters. The van der Waals surface area contributed by atoms with Crippen molar-refractivity contribution in [3.05, 3.63) is 35.7 Å². The maximum atomic E-state index is 13.0. The number of benzene rings is 1. The predicted molar refractivity (Wildman–Crippen MR) is 111 cm³/mol. The second-order valence-corrected chi connectivity index (χ2v) is 10.0. The Balaban J connectivity index is 1.61. The van der Waals surface area contributed by atoms with Crippen LogP contribution >= 0.6 is 0 Å². The van der Waals surface area contributed by atoms with E-state index < -0.39 is 27.5 Å². The second-order valence-electron chi connectivity index (χ2n) is 7.79. The Labute approximate surface area is 182 Å². The predicted octanol–water partition coefficient (Wildman–Crippen LogP) is 3.51. The summed E-state index contributed by atoms with van der Waals surface area (Å²) in [6.07, 6.45) is -0.265. The normalized spacial score (nSPS) is 16.7. The number of rotatable bonds is 4. The third-order valence-electron chi connectivity index (χ3n) is 5.70. The van der Waals surface area contributed by atoms with Gasteiger partial charge in [-0.05, 0) is 44.4 Å². The van der Waals surface area contributed by atoms with Crippen molar-refractivity contribution in [2.75, 3.05) is 18.8 Å². The summed E-state index contributed by atoms with van der Waals surface area (Å²) in [7, 11) is -3.22. The molecule has 12 heteroatoms. The minimum Gasteiger partial charge on any atom is -0.507 e. The van der Waals surface area contributed by atoms with Gasteiger partial charge in [0.05, 0.1) is 35.4 Å². The molecule has 1 aromatic carbocycles. The summed E-state index contributed by atoms with van der Waals surface area (Å²) < 4.78 is 66.3. The number of phenolic OH excluding ortho intramolecular Hbond substituents is 1. The monoisotopic (exact) mass is 469 g/mol. The molecule has 1 N–H and O–H groups in total. The zero-order chi connectivity index (χ0) is 23.3. The van der Waals surface area contributed by atoms with Gasteiger partial charge in [0.25, 0.3) is 0 Å². The molecule has 1 aliphatic rings. The van der Waals surface area contributed by atoms with Crippen molar-refractivity contribution >= 4 is 21.2 Å². The van der Waals surface area contributed by atoms with E-state index in [1.807, 2.05) is 0 Å². The summed E-state index contributed by atoms with van der Waals surface area (Å²) >= 11 is 0. The first-order valence-corrected chi connectivity index (χ1v) is 11.7. The summed E-state index contributed by atoms with van der Waals surface area (Å²) in [5.41, 5.74) is 0.461. The Morgan fingerprint density at radius 2 is 1.91 bits per heavy atom. The zero-order valence-electron chi connectivity index (χ0n) is 17.5. The molecule has 8 nitrogen and oxygen atoms in total. The molecule has 2 aromatic heterocycles. The van der Waals surface area contributed by atoms with Crippen molar-refractivity contribution in [1.82, 2.24) is 24.1 Å². The van der Waals surface area contributed by atoms with E-state index in [0.717, 1.165) is 6.07 Å². The average Bonchev–Trinajstić information content (AvgIpc) is 3.16. The SMILES string of the molecule is CCS(=O)(=O)N1CCC(n2cc3ncc(-c4c(C)cc(C(F)(F)F)cc4O)nc3n2)CC1. The molecule has 3 aromatic rings. The molecule has 1 fully saturated rings. The lowest BCUT2D eigenvalue weighted by molar-refractivity contribution is -0.137. The van der Waals surface area contributed by atoms with Crippen molar-refractivity contribution < 1.29 is 26.7 Å². The van der Waals surface area contributed by atoms with E-state index in [4.69, 9.17) is 0 Å². The summed E-state index contributed by atoms with van der Waals surface area (Å²) in [6.45, 7) is 3.89. The number of piperidine rings is 1. The number of fused-ring (bicyclic) bond motifs is 1. The van der Waals surface area contributed by atoms with Gasteiger partial charge in [-0.25, -0.2) is 22.7 Å². The number of phenols is 1. The summed E-state index contributed by atoms with van der Waals surface area (Å²) in [5, 5.41) is 14.7. The molecule has 172 valence electrons. The Morgan fingerprint density at radius 1 is 1.22 bits per heavy atom. The number of sulfonamides is 1. The Bertz CT molecular complexity index is 1240. The fourth-order valence-electron chi connectivity index (χ4n) is 3.96. The maximum Gasteiger partial charge on any atom is 0.416 e. The van der Waals surface area contributed by atoms with Gasteiger partial charge in [0.15, 0.2) is 5.65 Å². The van der Waals surface area contributed by atoms with Crippen LogP contribution < -0.4 is 0 Å². The van der Waals surface area contributed by atoms with Gasteiger partial charge in [-0.1, -0.05) is 0 Å². The first kappa shape index (κ1) is 22.5. The molecular weight excluding hydrogens is 447 g/mol. The summed E-state index contributed by atoms with van der Waals surface area (Å²) in [5.74, 6) is -0.467. The number of halogens is 3. The third kappa shape index (κ3) is 4.16. The molecule has 0 radical (unpaired) electrons. The lowest BCUT2D eigenvalue weighted by atomic mass is 10.0. The highest BCUT2D eigenvalue weighted by Crippen LogP contribution is 2.38. The molecular formula is C20H22F3N5O3S. The fraction of sp³-hybridized carbons (Fsp3) is 0.450. The molecule has 1 saturated heterocycles. The van der Waals surface area contributed by atoms with Crippen LogP contribution in [0.3, 0.4) is 0 Å².